The average Bonchev–Trinajstić information content (AvgIpc) is 1.97. The van der Waals surface area contributed by atoms with E-state index in [2.05, 4.69) is 11.3 Å². The molecule has 0 aliphatic rings. The largest absolute Gasteiger partial charge is 0.460 e. The Balaban J connectivity index is 4.04. The summed E-state index contributed by atoms with van der Waals surface area (Å²) in [6.45, 7) is 1.52. The number of aliphatic hydroxyl groups is 1. The Morgan fingerprint density at radius 1 is 1.50 bits per heavy atom. The Morgan fingerprint density at radius 2 is 2.00 bits per heavy atom. The molecule has 0 amide bonds. The number of carbonyl (C=O) groups excluding carboxylic acids is 1. The van der Waals surface area contributed by atoms with Crippen molar-refractivity contribution in [2.75, 3.05) is 13.2 Å². The fourth-order valence-corrected chi connectivity index (χ4v) is 0.341. The normalized spacial score (nSPS) is 11.0. The van der Waals surface area contributed by atoms with Gasteiger partial charge in [0.25, 0.3) is 0 Å². The van der Waals surface area contributed by atoms with Gasteiger partial charge in [-0.3, -0.25) is 0 Å². The van der Waals surface area contributed by atoms with Crippen molar-refractivity contribution in [3.8, 4) is 0 Å². The number of halogens is 3. The lowest BCUT2D eigenvalue weighted by Gasteiger charge is -2.08. The van der Waals surface area contributed by atoms with Crippen molar-refractivity contribution in [2.45, 2.75) is 6.18 Å². The number of esters is 1. The summed E-state index contributed by atoms with van der Waals surface area (Å²) < 4.78 is 39.0. The van der Waals surface area contributed by atoms with E-state index < -0.39 is 30.9 Å². The molecule has 70 valence electrons. The van der Waals surface area contributed by atoms with E-state index in [0.29, 0.717) is 0 Å². The van der Waals surface area contributed by atoms with Crippen molar-refractivity contribution < 1.29 is 27.8 Å². The summed E-state index contributed by atoms with van der Waals surface area (Å²) in [5, 5.41) is 8.11. The van der Waals surface area contributed by atoms with Crippen molar-refractivity contribution in [1.29, 1.82) is 0 Å². The molecule has 6 heteroatoms. The highest BCUT2D eigenvalue weighted by Gasteiger charge is 2.37. The first-order valence-corrected chi connectivity index (χ1v) is 2.93. The summed E-state index contributed by atoms with van der Waals surface area (Å²) in [5.74, 6) is -1.56. The highest BCUT2D eigenvalue weighted by molar-refractivity contribution is 5.89. The molecule has 0 aliphatic carbocycles. The molecule has 12 heavy (non-hydrogen) atoms. The van der Waals surface area contributed by atoms with Gasteiger partial charge in [-0.05, 0) is 0 Å². The molecule has 0 aliphatic heterocycles. The Bertz CT molecular complexity index is 185. The van der Waals surface area contributed by atoms with Crippen LogP contribution in [0.15, 0.2) is 12.2 Å². The SMILES string of the molecule is C=C(C(=O)OCCO)C(F)(F)F. The molecule has 0 aromatic heterocycles. The lowest BCUT2D eigenvalue weighted by Crippen LogP contribution is -2.22. The number of hydrogen-bond acceptors (Lipinski definition) is 3. The zero-order valence-corrected chi connectivity index (χ0v) is 6.02. The zero-order chi connectivity index (χ0) is 9.78. The van der Waals surface area contributed by atoms with Crippen LogP contribution in [0, 0.1) is 0 Å². The van der Waals surface area contributed by atoms with E-state index in [4.69, 9.17) is 5.11 Å². The summed E-state index contributed by atoms with van der Waals surface area (Å²) in [7, 11) is 0. The first kappa shape index (κ1) is 11.0. The molecule has 0 atom stereocenters. The van der Waals surface area contributed by atoms with Crippen LogP contribution in [0.2, 0.25) is 0 Å². The molecule has 0 fully saturated rings. The fraction of sp³-hybridized carbons (Fsp3) is 0.500. The van der Waals surface area contributed by atoms with E-state index in [1.165, 1.54) is 0 Å². The van der Waals surface area contributed by atoms with Gasteiger partial charge in [0.05, 0.1) is 6.61 Å². The molecule has 0 radical (unpaired) electrons. The maximum absolute atomic E-state index is 11.7. The van der Waals surface area contributed by atoms with Gasteiger partial charge in [0, 0.05) is 0 Å². The molecule has 0 rings (SSSR count). The number of rotatable bonds is 3. The molecule has 0 unspecified atom stereocenters. The standard InChI is InChI=1S/C6H7F3O3/c1-4(6(7,8)9)5(11)12-3-2-10/h10H,1-3H2. The molecule has 0 aromatic rings. The second-order valence-electron chi connectivity index (χ2n) is 1.84. The Morgan fingerprint density at radius 3 is 2.33 bits per heavy atom. The van der Waals surface area contributed by atoms with Crippen LogP contribution in [0.1, 0.15) is 0 Å². The minimum absolute atomic E-state index is 0.464. The van der Waals surface area contributed by atoms with Crippen LogP contribution in [-0.4, -0.2) is 30.5 Å². The van der Waals surface area contributed by atoms with E-state index >= 15 is 0 Å². The highest BCUT2D eigenvalue weighted by Crippen LogP contribution is 2.24. The predicted molar refractivity (Wildman–Crippen MR) is 33.2 cm³/mol. The van der Waals surface area contributed by atoms with Crippen molar-refractivity contribution in [2.24, 2.45) is 0 Å². The maximum Gasteiger partial charge on any atom is 0.422 e. The summed E-state index contributed by atoms with van der Waals surface area (Å²) in [6, 6.07) is 0. The Kier molecular flexibility index (Phi) is 3.75. The first-order valence-electron chi connectivity index (χ1n) is 2.93. The van der Waals surface area contributed by atoms with Gasteiger partial charge in [-0.2, -0.15) is 13.2 Å². The predicted octanol–water partition coefficient (Wildman–Crippen LogP) is 0.640. The molecule has 1 N–H and O–H groups in total. The van der Waals surface area contributed by atoms with Crippen LogP contribution in [0.25, 0.3) is 0 Å². The monoisotopic (exact) mass is 184 g/mol. The number of aliphatic hydroxyl groups excluding tert-OH is 1. The molecule has 0 heterocycles. The van der Waals surface area contributed by atoms with E-state index in [1.54, 1.807) is 0 Å². The molecule has 0 aromatic carbocycles. The second-order valence-corrected chi connectivity index (χ2v) is 1.84. The number of alkyl halides is 3. The van der Waals surface area contributed by atoms with Gasteiger partial charge in [-0.15, -0.1) is 0 Å². The van der Waals surface area contributed by atoms with Crippen LogP contribution in [-0.2, 0) is 9.53 Å². The van der Waals surface area contributed by atoms with Crippen LogP contribution in [0.3, 0.4) is 0 Å². The minimum atomic E-state index is -4.77. The van der Waals surface area contributed by atoms with Crippen LogP contribution in [0.4, 0.5) is 13.2 Å². The third-order valence-corrected chi connectivity index (χ3v) is 0.913. The van der Waals surface area contributed by atoms with Crippen molar-refractivity contribution in [1.82, 2.24) is 0 Å². The van der Waals surface area contributed by atoms with Gasteiger partial charge in [-0.1, -0.05) is 6.58 Å². The van der Waals surface area contributed by atoms with Gasteiger partial charge in [-0.25, -0.2) is 4.79 Å². The summed E-state index contributed by atoms with van der Waals surface area (Å²) >= 11 is 0. The topological polar surface area (TPSA) is 46.5 Å². The van der Waals surface area contributed by atoms with Crippen LogP contribution >= 0.6 is 0 Å². The minimum Gasteiger partial charge on any atom is -0.460 e. The molecular weight excluding hydrogens is 177 g/mol. The fourth-order valence-electron chi connectivity index (χ4n) is 0.341. The van der Waals surface area contributed by atoms with Crippen LogP contribution in [0.5, 0.6) is 0 Å². The molecule has 0 saturated carbocycles. The van der Waals surface area contributed by atoms with Gasteiger partial charge in [0.1, 0.15) is 12.2 Å². The average molecular weight is 184 g/mol. The maximum atomic E-state index is 11.7. The third kappa shape index (κ3) is 3.38. The zero-order valence-electron chi connectivity index (χ0n) is 6.02. The smallest absolute Gasteiger partial charge is 0.422 e. The van der Waals surface area contributed by atoms with Gasteiger partial charge < -0.3 is 9.84 Å². The van der Waals surface area contributed by atoms with E-state index in [1.807, 2.05) is 0 Å². The lowest BCUT2D eigenvalue weighted by atomic mass is 10.3. The summed E-state index contributed by atoms with van der Waals surface area (Å²) in [5.41, 5.74) is -1.57. The highest BCUT2D eigenvalue weighted by atomic mass is 19.4. The van der Waals surface area contributed by atoms with E-state index in [9.17, 15) is 18.0 Å². The third-order valence-electron chi connectivity index (χ3n) is 0.913. The van der Waals surface area contributed by atoms with Crippen molar-refractivity contribution >= 4 is 5.97 Å². The van der Waals surface area contributed by atoms with Gasteiger partial charge >= 0.3 is 12.1 Å². The quantitative estimate of drug-likeness (QED) is 0.517. The molecule has 3 nitrogen and oxygen atoms in total. The first-order chi connectivity index (χ1) is 5.39. The Hall–Kier alpha value is -1.04. The number of carbonyl (C=O) groups is 1. The molecule has 0 bridgehead atoms. The van der Waals surface area contributed by atoms with Crippen molar-refractivity contribution in [3.63, 3.8) is 0 Å². The lowest BCUT2D eigenvalue weighted by molar-refractivity contribution is -0.151. The Labute approximate surface area is 66.4 Å². The number of ether oxygens (including phenoxy) is 1. The van der Waals surface area contributed by atoms with Crippen molar-refractivity contribution in [3.05, 3.63) is 12.2 Å². The van der Waals surface area contributed by atoms with Gasteiger partial charge in [0.2, 0.25) is 0 Å². The summed E-state index contributed by atoms with van der Waals surface area (Å²) in [6.07, 6.45) is -4.77. The number of hydrogen-bond donors (Lipinski definition) is 1. The summed E-state index contributed by atoms with van der Waals surface area (Å²) in [4.78, 5) is 10.4. The van der Waals surface area contributed by atoms with E-state index in [0.717, 1.165) is 0 Å². The van der Waals surface area contributed by atoms with Crippen LogP contribution < -0.4 is 0 Å². The van der Waals surface area contributed by atoms with Gasteiger partial charge in [0.15, 0.2) is 0 Å². The van der Waals surface area contributed by atoms with E-state index in [-0.39, 0.29) is 0 Å². The molecule has 0 saturated heterocycles. The molecular formula is C6H7F3O3. The molecule has 0 spiro atoms. The second kappa shape index (κ2) is 4.10.